The zero-order valence-corrected chi connectivity index (χ0v) is 17.0. The Morgan fingerprint density at radius 2 is 1.72 bits per heavy atom. The Balaban J connectivity index is 1.83. The van der Waals surface area contributed by atoms with Crippen molar-refractivity contribution < 1.29 is 17.6 Å². The summed E-state index contributed by atoms with van der Waals surface area (Å²) in [5, 5.41) is 0. The average Bonchev–Trinajstić information content (AvgIpc) is 3.22. The molecule has 2 atom stereocenters. The van der Waals surface area contributed by atoms with E-state index in [1.165, 1.54) is 16.8 Å². The molecule has 0 spiro atoms. The van der Waals surface area contributed by atoms with Crippen LogP contribution in [0.1, 0.15) is 35.5 Å². The molecular formula is C22H22N2O4S. The van der Waals surface area contributed by atoms with Crippen molar-refractivity contribution in [1.82, 2.24) is 0 Å². The van der Waals surface area contributed by atoms with Gasteiger partial charge in [0.25, 0.3) is 5.91 Å². The number of hydrogen-bond donors (Lipinski definition) is 0. The van der Waals surface area contributed by atoms with Gasteiger partial charge in [-0.3, -0.25) is 9.10 Å². The summed E-state index contributed by atoms with van der Waals surface area (Å²) in [6.45, 7) is 1.93. The second kappa shape index (κ2) is 7.40. The molecule has 6 nitrogen and oxygen atoms in total. The highest BCUT2D eigenvalue weighted by Crippen LogP contribution is 2.43. The SMILES string of the molecule is C[C@H]1C[C@H](N(c2ccccc2)S(C)(=O)=O)c2ccccc2N1C(=O)c1ccco1. The van der Waals surface area contributed by atoms with Crippen molar-refractivity contribution in [3.05, 3.63) is 84.3 Å². The maximum atomic E-state index is 13.1. The van der Waals surface area contributed by atoms with Crippen molar-refractivity contribution in [2.75, 3.05) is 15.5 Å². The number of benzene rings is 2. The normalized spacial score (nSPS) is 18.9. The monoisotopic (exact) mass is 410 g/mol. The lowest BCUT2D eigenvalue weighted by atomic mass is 9.91. The van der Waals surface area contributed by atoms with Crippen LogP contribution in [0.4, 0.5) is 11.4 Å². The molecule has 2 heterocycles. The fourth-order valence-corrected chi connectivity index (χ4v) is 5.18. The van der Waals surface area contributed by atoms with Crippen LogP contribution in [0.25, 0.3) is 0 Å². The number of furan rings is 1. The second-order valence-corrected chi connectivity index (χ2v) is 9.07. The maximum absolute atomic E-state index is 13.1. The third kappa shape index (κ3) is 3.53. The van der Waals surface area contributed by atoms with E-state index in [9.17, 15) is 13.2 Å². The van der Waals surface area contributed by atoms with Gasteiger partial charge in [0.1, 0.15) is 0 Å². The molecule has 1 aliphatic rings. The lowest BCUT2D eigenvalue weighted by molar-refractivity contribution is 0.0947. The van der Waals surface area contributed by atoms with Crippen molar-refractivity contribution in [3.63, 3.8) is 0 Å². The number of rotatable bonds is 4. The van der Waals surface area contributed by atoms with E-state index in [1.54, 1.807) is 29.2 Å². The van der Waals surface area contributed by atoms with Gasteiger partial charge in [-0.15, -0.1) is 0 Å². The molecule has 1 aromatic heterocycles. The third-order valence-corrected chi connectivity index (χ3v) is 6.34. The van der Waals surface area contributed by atoms with Gasteiger partial charge in [-0.05, 0) is 49.2 Å². The van der Waals surface area contributed by atoms with E-state index in [1.807, 2.05) is 49.4 Å². The molecule has 1 amide bonds. The highest BCUT2D eigenvalue weighted by Gasteiger charge is 2.40. The van der Waals surface area contributed by atoms with Gasteiger partial charge in [0.05, 0.1) is 24.2 Å². The van der Waals surface area contributed by atoms with Crippen molar-refractivity contribution in [3.8, 4) is 0 Å². The number of carbonyl (C=O) groups is 1. The van der Waals surface area contributed by atoms with Crippen molar-refractivity contribution in [1.29, 1.82) is 0 Å². The Labute approximate surface area is 170 Å². The van der Waals surface area contributed by atoms with Gasteiger partial charge in [-0.1, -0.05) is 36.4 Å². The molecule has 0 fully saturated rings. The highest BCUT2D eigenvalue weighted by molar-refractivity contribution is 7.92. The minimum absolute atomic E-state index is 0.222. The van der Waals surface area contributed by atoms with E-state index in [0.717, 1.165) is 5.56 Å². The molecule has 0 aliphatic carbocycles. The van der Waals surface area contributed by atoms with Crippen molar-refractivity contribution >= 4 is 27.3 Å². The highest BCUT2D eigenvalue weighted by atomic mass is 32.2. The number of anilines is 2. The standard InChI is InChI=1S/C22H22N2O4S/c1-16-15-20(24(29(2,26)27)17-9-4-3-5-10-17)18-11-6-7-12-19(18)23(16)22(25)21-13-8-14-28-21/h3-14,16,20H,15H2,1-2H3/t16-,20-/m0/s1. The Morgan fingerprint density at radius 3 is 2.38 bits per heavy atom. The van der Waals surface area contributed by atoms with Crippen LogP contribution in [0.5, 0.6) is 0 Å². The largest absolute Gasteiger partial charge is 0.459 e. The van der Waals surface area contributed by atoms with Crippen LogP contribution in [0.2, 0.25) is 0 Å². The number of carbonyl (C=O) groups excluding carboxylic acids is 1. The first-order valence-corrected chi connectivity index (χ1v) is 11.2. The lowest BCUT2D eigenvalue weighted by Gasteiger charge is -2.43. The Kier molecular flexibility index (Phi) is 4.92. The Morgan fingerprint density at radius 1 is 1.03 bits per heavy atom. The van der Waals surface area contributed by atoms with E-state index in [4.69, 9.17) is 4.42 Å². The van der Waals surface area contributed by atoms with Gasteiger partial charge in [-0.25, -0.2) is 8.42 Å². The molecule has 0 N–H and O–H groups in total. The summed E-state index contributed by atoms with van der Waals surface area (Å²) in [6, 6.07) is 19.2. The van der Waals surface area contributed by atoms with Crippen LogP contribution in [0, 0.1) is 0 Å². The molecule has 150 valence electrons. The summed E-state index contributed by atoms with van der Waals surface area (Å²) in [6.07, 6.45) is 3.15. The quantitative estimate of drug-likeness (QED) is 0.645. The van der Waals surface area contributed by atoms with Gasteiger partial charge >= 0.3 is 0 Å². The summed E-state index contributed by atoms with van der Waals surface area (Å²) in [5.74, 6) is 0.0205. The summed E-state index contributed by atoms with van der Waals surface area (Å²) in [4.78, 5) is 14.8. The van der Waals surface area contributed by atoms with E-state index in [0.29, 0.717) is 17.8 Å². The zero-order chi connectivity index (χ0) is 20.6. The van der Waals surface area contributed by atoms with Gasteiger partial charge in [0.2, 0.25) is 10.0 Å². The summed E-state index contributed by atoms with van der Waals surface area (Å²) < 4.78 is 32.3. The minimum atomic E-state index is -3.55. The average molecular weight is 410 g/mol. The molecule has 0 saturated carbocycles. The first-order chi connectivity index (χ1) is 13.9. The fraction of sp³-hybridized carbons (Fsp3) is 0.227. The number of fused-ring (bicyclic) bond motifs is 1. The predicted octanol–water partition coefficient (Wildman–Crippen LogP) is 4.23. The number of amides is 1. The topological polar surface area (TPSA) is 70.8 Å². The molecule has 0 saturated heterocycles. The molecule has 1 aliphatic heterocycles. The van der Waals surface area contributed by atoms with Crippen LogP contribution in [-0.4, -0.2) is 26.6 Å². The predicted molar refractivity (Wildman–Crippen MR) is 113 cm³/mol. The Hall–Kier alpha value is -3.06. The molecule has 0 bridgehead atoms. The van der Waals surface area contributed by atoms with Crippen molar-refractivity contribution in [2.24, 2.45) is 0 Å². The molecule has 4 rings (SSSR count). The van der Waals surface area contributed by atoms with Gasteiger partial charge in [0, 0.05) is 11.7 Å². The van der Waals surface area contributed by atoms with Crippen LogP contribution in [-0.2, 0) is 10.0 Å². The summed E-state index contributed by atoms with van der Waals surface area (Å²) >= 11 is 0. The van der Waals surface area contributed by atoms with Crippen LogP contribution in [0.3, 0.4) is 0 Å². The van der Waals surface area contributed by atoms with E-state index in [-0.39, 0.29) is 17.7 Å². The number of sulfonamides is 1. The maximum Gasteiger partial charge on any atom is 0.294 e. The van der Waals surface area contributed by atoms with E-state index in [2.05, 4.69) is 0 Å². The van der Waals surface area contributed by atoms with Crippen LogP contribution in [0.15, 0.2) is 77.4 Å². The number of hydrogen-bond acceptors (Lipinski definition) is 4. The number of nitrogens with zero attached hydrogens (tertiary/aromatic N) is 2. The first kappa shape index (κ1) is 19.3. The van der Waals surface area contributed by atoms with E-state index >= 15 is 0 Å². The van der Waals surface area contributed by atoms with Crippen molar-refractivity contribution in [2.45, 2.75) is 25.4 Å². The van der Waals surface area contributed by atoms with Crippen LogP contribution >= 0.6 is 0 Å². The molecule has 0 unspecified atom stereocenters. The fourth-order valence-electron chi connectivity index (χ4n) is 4.01. The summed E-state index contributed by atoms with van der Waals surface area (Å²) in [7, 11) is -3.55. The molecule has 3 aromatic rings. The third-order valence-electron chi connectivity index (χ3n) is 5.16. The zero-order valence-electron chi connectivity index (χ0n) is 16.2. The lowest BCUT2D eigenvalue weighted by Crippen LogP contribution is -2.47. The second-order valence-electron chi connectivity index (χ2n) is 7.21. The van der Waals surface area contributed by atoms with E-state index < -0.39 is 16.1 Å². The van der Waals surface area contributed by atoms with Gasteiger partial charge in [0.15, 0.2) is 5.76 Å². The smallest absolute Gasteiger partial charge is 0.294 e. The van der Waals surface area contributed by atoms with Crippen LogP contribution < -0.4 is 9.21 Å². The Bertz CT molecular complexity index is 1110. The van der Waals surface area contributed by atoms with Gasteiger partial charge in [-0.2, -0.15) is 0 Å². The molecular weight excluding hydrogens is 388 g/mol. The summed E-state index contributed by atoms with van der Waals surface area (Å²) in [5.41, 5.74) is 2.09. The first-order valence-electron chi connectivity index (χ1n) is 9.38. The molecule has 29 heavy (non-hydrogen) atoms. The molecule has 0 radical (unpaired) electrons. The minimum Gasteiger partial charge on any atom is -0.459 e. The molecule has 7 heteroatoms. The number of para-hydroxylation sites is 2. The van der Waals surface area contributed by atoms with Gasteiger partial charge < -0.3 is 9.32 Å². The molecule has 2 aromatic carbocycles.